The topological polar surface area (TPSA) is 217 Å². The van der Waals surface area contributed by atoms with Crippen molar-refractivity contribution in [2.24, 2.45) is 7.05 Å². The minimum absolute atomic E-state index is 0.0565. The highest BCUT2D eigenvalue weighted by Crippen LogP contribution is 2.38. The first-order chi connectivity index (χ1) is 36.4. The summed E-state index contributed by atoms with van der Waals surface area (Å²) in [6.45, 7) is 10.3. The Morgan fingerprint density at radius 2 is 1.55 bits per heavy atom. The summed E-state index contributed by atoms with van der Waals surface area (Å²) < 4.78 is 36.0. The number of ether oxygens (including phenoxy) is 6. The number of hydrogen-bond donors (Lipinski definition) is 3. The lowest BCUT2D eigenvalue weighted by molar-refractivity contribution is -0.135. The number of carbonyl (C=O) groups is 5. The van der Waals surface area contributed by atoms with Crippen molar-refractivity contribution < 1.29 is 52.4 Å². The van der Waals surface area contributed by atoms with Gasteiger partial charge in [0.25, 0.3) is 0 Å². The zero-order valence-corrected chi connectivity index (χ0v) is 44.7. The van der Waals surface area contributed by atoms with Crippen LogP contribution in [0.1, 0.15) is 35.7 Å². The van der Waals surface area contributed by atoms with Gasteiger partial charge in [-0.1, -0.05) is 36.9 Å². The highest BCUT2D eigenvalue weighted by atomic mass is 32.2. The van der Waals surface area contributed by atoms with Crippen LogP contribution >= 0.6 is 11.8 Å². The fraction of sp³-hybridized carbons (Fsp3) is 0.426. The predicted octanol–water partition coefficient (Wildman–Crippen LogP) is 5.97. The zero-order chi connectivity index (χ0) is 54.0. The highest BCUT2D eigenvalue weighted by molar-refractivity contribution is 7.99. The molecule has 5 rings (SSSR count). The molecule has 0 aliphatic carbocycles. The largest absolute Gasteiger partial charge is 0.494 e. The molecular formula is C54H71N9O11S. The molecular weight excluding hydrogens is 983 g/mol. The van der Waals surface area contributed by atoms with Crippen molar-refractivity contribution in [3.05, 3.63) is 96.8 Å². The van der Waals surface area contributed by atoms with Crippen molar-refractivity contribution in [1.29, 1.82) is 0 Å². The molecule has 0 spiro atoms. The predicted molar refractivity (Wildman–Crippen MR) is 291 cm³/mol. The van der Waals surface area contributed by atoms with E-state index in [2.05, 4.69) is 49.1 Å². The number of methoxy groups -OCH3 is 1. The van der Waals surface area contributed by atoms with Crippen LogP contribution in [0.3, 0.4) is 0 Å². The summed E-state index contributed by atoms with van der Waals surface area (Å²) in [5, 5.41) is 9.40. The SMILES string of the molecule is C=CC(=O)Nc1cc(Nc2nccc(-c3cn(C)c4ccccc34)n2)c(OC)cc1N(C)CCN(C)C(=O)COCCOCCOCCOCCOCCSc1cccc(C=O)c1CN(C)C(C)CCC(=O)NC=O. The highest BCUT2D eigenvalue weighted by Gasteiger charge is 2.20. The number of imide groups is 1. The summed E-state index contributed by atoms with van der Waals surface area (Å²) in [5.41, 5.74) is 6.02. The third-order valence-electron chi connectivity index (χ3n) is 12.1. The molecule has 0 aliphatic heterocycles. The van der Waals surface area contributed by atoms with Crippen LogP contribution in [0.2, 0.25) is 0 Å². The molecule has 0 saturated carbocycles. The fourth-order valence-corrected chi connectivity index (χ4v) is 8.63. The Labute approximate surface area is 443 Å². The molecule has 0 aliphatic rings. The van der Waals surface area contributed by atoms with Gasteiger partial charge in [-0.05, 0) is 56.3 Å². The number of rotatable bonds is 36. The van der Waals surface area contributed by atoms with E-state index in [0.717, 1.165) is 38.9 Å². The molecule has 0 saturated heterocycles. The van der Waals surface area contributed by atoms with E-state index in [4.69, 9.17) is 33.4 Å². The second-order valence-corrected chi connectivity index (χ2v) is 18.5. The van der Waals surface area contributed by atoms with Crippen LogP contribution in [-0.4, -0.2) is 174 Å². The Hall–Kier alpha value is -6.72. The maximum absolute atomic E-state index is 12.9. The molecule has 404 valence electrons. The van der Waals surface area contributed by atoms with Gasteiger partial charge in [0.1, 0.15) is 18.6 Å². The van der Waals surface area contributed by atoms with Gasteiger partial charge in [-0.3, -0.25) is 34.2 Å². The standard InChI is InChI=1S/C54H71N9O11S/c1-8-51(66)57-45-32-46(59-54-55-19-18-44(58-54)43-35-63(6)47-14-10-9-13-41(43)47)49(69-7)33-48(45)60(3)20-21-61(4)53(68)37-74-29-28-72-25-24-70-22-23-71-26-27-73-30-31-75-50-15-11-12-40(36-64)42(50)34-62(5)39(2)16-17-52(67)56-38-65/h8-15,18-19,32-33,35-36,38-39H,1,16-17,20-31,34,37H2,2-7H3,(H,57,66)(H,55,58,59)(H,56,65,67). The Kier molecular flexibility index (Phi) is 25.2. The fourth-order valence-electron chi connectivity index (χ4n) is 7.68. The first-order valence-corrected chi connectivity index (χ1v) is 25.6. The first kappa shape index (κ1) is 59.2. The van der Waals surface area contributed by atoms with E-state index in [0.29, 0.717) is 125 Å². The molecule has 3 N–H and O–H groups in total. The first-order valence-electron chi connectivity index (χ1n) is 24.6. The van der Waals surface area contributed by atoms with Crippen LogP contribution in [0.25, 0.3) is 22.2 Å². The van der Waals surface area contributed by atoms with E-state index in [9.17, 15) is 24.0 Å². The number of nitrogens with zero attached hydrogens (tertiary/aromatic N) is 6. The number of aldehydes is 1. The molecule has 3 aromatic carbocycles. The third-order valence-corrected chi connectivity index (χ3v) is 13.2. The second kappa shape index (κ2) is 31.9. The quantitative estimate of drug-likeness (QED) is 0.0182. The number of anilines is 4. The van der Waals surface area contributed by atoms with Gasteiger partial charge in [0.2, 0.25) is 30.1 Å². The van der Waals surface area contributed by atoms with E-state index in [1.54, 1.807) is 55.2 Å². The van der Waals surface area contributed by atoms with Crippen LogP contribution in [0, 0.1) is 0 Å². The molecule has 75 heavy (non-hydrogen) atoms. The number of carbonyl (C=O) groups excluding carboxylic acids is 5. The van der Waals surface area contributed by atoms with Gasteiger partial charge in [-0.15, -0.1) is 11.8 Å². The van der Waals surface area contributed by atoms with Gasteiger partial charge in [-0.2, -0.15) is 0 Å². The number of likely N-dealkylation sites (N-methyl/N-ethyl adjacent to an activating group) is 2. The summed E-state index contributed by atoms with van der Waals surface area (Å²) >= 11 is 1.62. The van der Waals surface area contributed by atoms with Gasteiger partial charge >= 0.3 is 0 Å². The van der Waals surface area contributed by atoms with E-state index >= 15 is 0 Å². The summed E-state index contributed by atoms with van der Waals surface area (Å²) in [7, 11) is 9.06. The number of aryl methyl sites for hydroxylation is 1. The molecule has 21 heteroatoms. The second-order valence-electron chi connectivity index (χ2n) is 17.3. The summed E-state index contributed by atoms with van der Waals surface area (Å²) in [6.07, 6.45) is 6.98. The monoisotopic (exact) mass is 1050 g/mol. The van der Waals surface area contributed by atoms with Gasteiger partial charge in [0, 0.05) is 104 Å². The molecule has 5 aromatic rings. The number of aromatic nitrogens is 3. The normalized spacial score (nSPS) is 11.6. The minimum Gasteiger partial charge on any atom is -0.494 e. The van der Waals surface area contributed by atoms with E-state index in [-0.39, 0.29) is 37.5 Å². The molecule has 0 bridgehead atoms. The minimum atomic E-state index is -0.396. The Balaban J connectivity index is 0.926. The molecule has 20 nitrogen and oxygen atoms in total. The number of nitrogens with one attached hydrogen (secondary N) is 3. The summed E-state index contributed by atoms with van der Waals surface area (Å²) in [5.74, 6) is 0.613. The number of fused-ring (bicyclic) bond motifs is 1. The summed E-state index contributed by atoms with van der Waals surface area (Å²) in [6, 6.07) is 19.2. The van der Waals surface area contributed by atoms with Crippen molar-refractivity contribution >= 4 is 76.1 Å². The number of thioether (sulfide) groups is 1. The van der Waals surface area contributed by atoms with Crippen molar-refractivity contribution in [3.63, 3.8) is 0 Å². The molecule has 2 aromatic heterocycles. The van der Waals surface area contributed by atoms with Gasteiger partial charge in [-0.25, -0.2) is 9.97 Å². The van der Waals surface area contributed by atoms with Crippen LogP contribution in [-0.2, 0) is 56.5 Å². The lowest BCUT2D eigenvalue weighted by atomic mass is 10.1. The van der Waals surface area contributed by atoms with Crippen molar-refractivity contribution in [3.8, 4) is 17.0 Å². The average Bonchev–Trinajstić information content (AvgIpc) is 3.76. The number of hydrogen-bond acceptors (Lipinski definition) is 17. The number of benzene rings is 3. The molecule has 1 atom stereocenters. The van der Waals surface area contributed by atoms with Gasteiger partial charge < -0.3 is 53.4 Å². The summed E-state index contributed by atoms with van der Waals surface area (Å²) in [4.78, 5) is 75.5. The molecule has 1 unspecified atom stereocenters. The van der Waals surface area contributed by atoms with Crippen molar-refractivity contribution in [2.45, 2.75) is 37.2 Å². The Bertz CT molecular complexity index is 2650. The Morgan fingerprint density at radius 3 is 2.23 bits per heavy atom. The smallest absolute Gasteiger partial charge is 0.248 e. The van der Waals surface area contributed by atoms with Gasteiger partial charge in [0.05, 0.1) is 89.3 Å². The molecule has 0 fully saturated rings. The number of amides is 4. The van der Waals surface area contributed by atoms with Crippen LogP contribution in [0.5, 0.6) is 5.75 Å². The lowest BCUT2D eigenvalue weighted by Crippen LogP contribution is -2.37. The maximum Gasteiger partial charge on any atom is 0.248 e. The van der Waals surface area contributed by atoms with Crippen LogP contribution < -0.4 is 25.6 Å². The van der Waals surface area contributed by atoms with Crippen molar-refractivity contribution in [1.82, 2.24) is 29.7 Å². The average molecular weight is 1050 g/mol. The van der Waals surface area contributed by atoms with Crippen LogP contribution in [0.4, 0.5) is 23.0 Å². The lowest BCUT2D eigenvalue weighted by Gasteiger charge is -2.27. The van der Waals surface area contributed by atoms with E-state index in [1.165, 1.54) is 6.08 Å². The van der Waals surface area contributed by atoms with Gasteiger partial charge in [0.15, 0.2) is 0 Å². The number of para-hydroxylation sites is 1. The maximum atomic E-state index is 12.9. The zero-order valence-electron chi connectivity index (χ0n) is 43.8. The third kappa shape index (κ3) is 18.9. The molecule has 4 amide bonds. The van der Waals surface area contributed by atoms with Crippen LogP contribution in [0.15, 0.2) is 90.6 Å². The van der Waals surface area contributed by atoms with E-state index in [1.807, 2.05) is 69.5 Å². The molecule has 2 heterocycles. The van der Waals surface area contributed by atoms with Crippen molar-refractivity contribution in [2.75, 3.05) is 129 Å². The molecule has 0 radical (unpaired) electrons. The Morgan fingerprint density at radius 1 is 0.853 bits per heavy atom. The van der Waals surface area contributed by atoms with E-state index < -0.39 is 5.91 Å².